The first-order valence-corrected chi connectivity index (χ1v) is 7.65. The fourth-order valence-electron chi connectivity index (χ4n) is 2.70. The number of ether oxygens (including phenoxy) is 1. The normalized spacial score (nSPS) is 10.7. The molecule has 0 atom stereocenters. The predicted octanol–water partition coefficient (Wildman–Crippen LogP) is 4.12. The van der Waals surface area contributed by atoms with Gasteiger partial charge >= 0.3 is 6.09 Å². The molecule has 3 aromatic rings. The van der Waals surface area contributed by atoms with Crippen molar-refractivity contribution in [2.45, 2.75) is 13.8 Å². The van der Waals surface area contributed by atoms with Gasteiger partial charge in [0, 0.05) is 29.9 Å². The fourth-order valence-corrected chi connectivity index (χ4v) is 2.70. The van der Waals surface area contributed by atoms with E-state index in [2.05, 4.69) is 16.0 Å². The van der Waals surface area contributed by atoms with E-state index in [9.17, 15) is 4.79 Å². The number of aryl methyl sites for hydroxylation is 2. The van der Waals surface area contributed by atoms with E-state index in [1.54, 1.807) is 7.05 Å². The molecule has 0 N–H and O–H groups in total. The molecule has 0 saturated carbocycles. The summed E-state index contributed by atoms with van der Waals surface area (Å²) in [7, 11) is 3.05. The van der Waals surface area contributed by atoms with Crippen LogP contribution in [0.3, 0.4) is 0 Å². The Labute approximate surface area is 140 Å². The van der Waals surface area contributed by atoms with Crippen LogP contribution >= 0.6 is 0 Å². The Morgan fingerprint density at radius 3 is 2.62 bits per heavy atom. The summed E-state index contributed by atoms with van der Waals surface area (Å²) >= 11 is 0. The molecule has 0 aliphatic carbocycles. The third kappa shape index (κ3) is 2.93. The molecule has 1 heterocycles. The standard InChI is InChI=1S/C19H19N3O2/c1-12-5-7-16-15(9-12)11-20-18(21-16)14-6-8-17(13(2)10-14)22(3)19(23)24-4/h5-11H,1-4H3. The first kappa shape index (κ1) is 15.9. The minimum atomic E-state index is -0.400. The molecule has 1 aromatic heterocycles. The largest absolute Gasteiger partial charge is 0.452 e. The molecule has 0 aliphatic rings. The van der Waals surface area contributed by atoms with Gasteiger partial charge in [0.2, 0.25) is 0 Å². The van der Waals surface area contributed by atoms with Crippen molar-refractivity contribution < 1.29 is 9.53 Å². The first-order chi connectivity index (χ1) is 11.5. The van der Waals surface area contributed by atoms with E-state index in [4.69, 9.17) is 4.74 Å². The lowest BCUT2D eigenvalue weighted by atomic mass is 10.1. The number of aromatic nitrogens is 2. The molecule has 5 nitrogen and oxygen atoms in total. The molecule has 0 radical (unpaired) electrons. The number of nitrogens with zero attached hydrogens (tertiary/aromatic N) is 3. The van der Waals surface area contributed by atoms with Gasteiger partial charge in [-0.2, -0.15) is 0 Å². The number of carbonyl (C=O) groups is 1. The Bertz CT molecular complexity index is 922. The van der Waals surface area contributed by atoms with Crippen molar-refractivity contribution in [3.8, 4) is 11.4 Å². The van der Waals surface area contributed by atoms with E-state index in [0.29, 0.717) is 5.82 Å². The van der Waals surface area contributed by atoms with Crippen molar-refractivity contribution >= 4 is 22.7 Å². The van der Waals surface area contributed by atoms with Gasteiger partial charge in [-0.25, -0.2) is 14.8 Å². The van der Waals surface area contributed by atoms with Crippen molar-refractivity contribution in [2.75, 3.05) is 19.1 Å². The van der Waals surface area contributed by atoms with Gasteiger partial charge in [0.1, 0.15) is 0 Å². The molecule has 1 amide bonds. The molecule has 3 rings (SSSR count). The summed E-state index contributed by atoms with van der Waals surface area (Å²) in [5, 5.41) is 1.03. The van der Waals surface area contributed by atoms with Gasteiger partial charge in [0.15, 0.2) is 5.82 Å². The molecule has 0 fully saturated rings. The molecule has 0 aliphatic heterocycles. The Balaban J connectivity index is 1.99. The average molecular weight is 321 g/mol. The average Bonchev–Trinajstić information content (AvgIpc) is 2.59. The number of benzene rings is 2. The van der Waals surface area contributed by atoms with Crippen LogP contribution in [0.5, 0.6) is 0 Å². The molecule has 0 saturated heterocycles. The zero-order valence-electron chi connectivity index (χ0n) is 14.2. The topological polar surface area (TPSA) is 55.3 Å². The minimum absolute atomic E-state index is 0.400. The number of fused-ring (bicyclic) bond motifs is 1. The van der Waals surface area contributed by atoms with Crippen LogP contribution < -0.4 is 4.90 Å². The van der Waals surface area contributed by atoms with Gasteiger partial charge in [-0.3, -0.25) is 4.90 Å². The van der Waals surface area contributed by atoms with E-state index in [0.717, 1.165) is 27.7 Å². The summed E-state index contributed by atoms with van der Waals surface area (Å²) in [6.45, 7) is 4.00. The summed E-state index contributed by atoms with van der Waals surface area (Å²) in [6, 6.07) is 11.9. The van der Waals surface area contributed by atoms with Crippen molar-refractivity contribution in [1.82, 2.24) is 9.97 Å². The van der Waals surface area contributed by atoms with E-state index < -0.39 is 6.09 Å². The zero-order chi connectivity index (χ0) is 17.3. The molecule has 0 bridgehead atoms. The number of hydrogen-bond donors (Lipinski definition) is 0. The molecule has 2 aromatic carbocycles. The van der Waals surface area contributed by atoms with E-state index >= 15 is 0 Å². The third-order valence-corrected chi connectivity index (χ3v) is 4.00. The van der Waals surface area contributed by atoms with Crippen molar-refractivity contribution in [2.24, 2.45) is 0 Å². The summed E-state index contributed by atoms with van der Waals surface area (Å²) in [5.74, 6) is 0.668. The number of rotatable bonds is 2. The second-order valence-corrected chi connectivity index (χ2v) is 5.79. The lowest BCUT2D eigenvalue weighted by molar-refractivity contribution is 0.180. The number of anilines is 1. The SMILES string of the molecule is COC(=O)N(C)c1ccc(-c2ncc3cc(C)ccc3n2)cc1C. The maximum atomic E-state index is 11.7. The number of hydrogen-bond acceptors (Lipinski definition) is 4. The van der Waals surface area contributed by atoms with Gasteiger partial charge in [0.05, 0.1) is 12.6 Å². The molecule has 0 spiro atoms. The van der Waals surface area contributed by atoms with Gasteiger partial charge in [-0.1, -0.05) is 11.6 Å². The van der Waals surface area contributed by atoms with Gasteiger partial charge in [0.25, 0.3) is 0 Å². The molecular weight excluding hydrogens is 302 g/mol. The van der Waals surface area contributed by atoms with Crippen molar-refractivity contribution in [1.29, 1.82) is 0 Å². The second-order valence-electron chi connectivity index (χ2n) is 5.79. The highest BCUT2D eigenvalue weighted by Gasteiger charge is 2.14. The highest BCUT2D eigenvalue weighted by Crippen LogP contribution is 2.26. The fraction of sp³-hybridized carbons (Fsp3) is 0.211. The molecule has 24 heavy (non-hydrogen) atoms. The predicted molar refractivity (Wildman–Crippen MR) is 95.3 cm³/mol. The summed E-state index contributed by atoms with van der Waals surface area (Å²) in [5.41, 5.74) is 4.76. The van der Waals surface area contributed by atoms with Gasteiger partial charge < -0.3 is 4.74 Å². The lowest BCUT2D eigenvalue weighted by Gasteiger charge is -2.18. The van der Waals surface area contributed by atoms with E-state index in [-0.39, 0.29) is 0 Å². The maximum Gasteiger partial charge on any atom is 0.413 e. The monoisotopic (exact) mass is 321 g/mol. The highest BCUT2D eigenvalue weighted by atomic mass is 16.5. The van der Waals surface area contributed by atoms with Crippen LogP contribution in [0.4, 0.5) is 10.5 Å². The molecular formula is C19H19N3O2. The van der Waals surface area contributed by atoms with E-state index in [1.807, 2.05) is 50.4 Å². The highest BCUT2D eigenvalue weighted by molar-refractivity contribution is 5.88. The van der Waals surface area contributed by atoms with E-state index in [1.165, 1.54) is 17.6 Å². The van der Waals surface area contributed by atoms with Crippen LogP contribution in [-0.2, 0) is 4.74 Å². The number of carbonyl (C=O) groups excluding carboxylic acids is 1. The van der Waals surface area contributed by atoms with Crippen LogP contribution in [0.2, 0.25) is 0 Å². The first-order valence-electron chi connectivity index (χ1n) is 7.65. The minimum Gasteiger partial charge on any atom is -0.452 e. The second kappa shape index (κ2) is 6.28. The van der Waals surface area contributed by atoms with Crippen LogP contribution in [0.1, 0.15) is 11.1 Å². The Hall–Kier alpha value is -2.95. The van der Waals surface area contributed by atoms with Crippen molar-refractivity contribution in [3.63, 3.8) is 0 Å². The molecule has 0 unspecified atom stereocenters. The quantitative estimate of drug-likeness (QED) is 0.712. The summed E-state index contributed by atoms with van der Waals surface area (Å²) in [6.07, 6.45) is 1.44. The van der Waals surface area contributed by atoms with Crippen LogP contribution in [0, 0.1) is 13.8 Å². The Morgan fingerprint density at radius 2 is 1.92 bits per heavy atom. The summed E-state index contributed by atoms with van der Waals surface area (Å²) in [4.78, 5) is 22.3. The third-order valence-electron chi connectivity index (χ3n) is 4.00. The smallest absolute Gasteiger partial charge is 0.413 e. The van der Waals surface area contributed by atoms with Crippen molar-refractivity contribution in [3.05, 3.63) is 53.7 Å². The molecule has 122 valence electrons. The lowest BCUT2D eigenvalue weighted by Crippen LogP contribution is -2.26. The summed E-state index contributed by atoms with van der Waals surface area (Å²) < 4.78 is 4.76. The van der Waals surface area contributed by atoms with Crippen LogP contribution in [-0.4, -0.2) is 30.2 Å². The maximum absolute atomic E-state index is 11.7. The Kier molecular flexibility index (Phi) is 4.16. The Morgan fingerprint density at radius 1 is 1.12 bits per heavy atom. The molecule has 5 heteroatoms. The van der Waals surface area contributed by atoms with Gasteiger partial charge in [-0.15, -0.1) is 0 Å². The number of methoxy groups -OCH3 is 1. The van der Waals surface area contributed by atoms with Crippen LogP contribution in [0.25, 0.3) is 22.3 Å². The van der Waals surface area contributed by atoms with Gasteiger partial charge in [-0.05, 0) is 49.7 Å². The number of amides is 1. The van der Waals surface area contributed by atoms with Crippen LogP contribution in [0.15, 0.2) is 42.6 Å². The zero-order valence-corrected chi connectivity index (χ0v) is 14.2.